The Kier molecular flexibility index (Phi) is 4.67. The van der Waals surface area contributed by atoms with Gasteiger partial charge in [0.1, 0.15) is 10.7 Å². The molecular weight excluding hydrogens is 297 g/mol. The molecule has 0 unspecified atom stereocenters. The zero-order valence-corrected chi connectivity index (χ0v) is 11.9. The van der Waals surface area contributed by atoms with E-state index >= 15 is 0 Å². The predicted molar refractivity (Wildman–Crippen MR) is 66.4 cm³/mol. The fraction of sp³-hybridized carbons (Fsp3) is 0.400. The molecule has 0 spiro atoms. The van der Waals surface area contributed by atoms with Crippen LogP contribution in [0.3, 0.4) is 0 Å². The van der Waals surface area contributed by atoms with Crippen LogP contribution in [0.4, 0.5) is 4.39 Å². The number of benzene rings is 1. The first-order valence-electron chi connectivity index (χ1n) is 5.21. The molecule has 0 heterocycles. The lowest BCUT2D eigenvalue weighted by molar-refractivity contribution is 0.198. The highest BCUT2D eigenvalue weighted by molar-refractivity contribution is 7.91. The van der Waals surface area contributed by atoms with Gasteiger partial charge in [-0.05, 0) is 25.1 Å². The highest BCUT2D eigenvalue weighted by atomic mass is 32.2. The van der Waals surface area contributed by atoms with Gasteiger partial charge >= 0.3 is 0 Å². The summed E-state index contributed by atoms with van der Waals surface area (Å²) in [6, 6.07) is 2.50. The van der Waals surface area contributed by atoms with Crippen LogP contribution < -0.4 is 4.72 Å². The van der Waals surface area contributed by atoms with Gasteiger partial charge in [-0.3, -0.25) is 0 Å². The number of aliphatic hydroxyl groups is 1. The lowest BCUT2D eigenvalue weighted by Crippen LogP contribution is -2.31. The van der Waals surface area contributed by atoms with E-state index in [2.05, 4.69) is 0 Å². The molecule has 2 N–H and O–H groups in total. The molecule has 9 heteroatoms. The molecule has 0 amide bonds. The molecular formula is C10H14FNO5S2. The Morgan fingerprint density at radius 3 is 2.37 bits per heavy atom. The van der Waals surface area contributed by atoms with Gasteiger partial charge in [-0.2, -0.15) is 0 Å². The molecule has 1 aromatic rings. The molecule has 0 saturated carbocycles. The summed E-state index contributed by atoms with van der Waals surface area (Å²) in [6.45, 7) is 1.05. The quantitative estimate of drug-likeness (QED) is 0.739. The fourth-order valence-electron chi connectivity index (χ4n) is 1.23. The van der Waals surface area contributed by atoms with Crippen molar-refractivity contribution in [2.75, 3.05) is 12.8 Å². The van der Waals surface area contributed by atoms with E-state index in [1.165, 1.54) is 6.92 Å². The summed E-state index contributed by atoms with van der Waals surface area (Å²) < 4.78 is 61.7. The van der Waals surface area contributed by atoms with Crippen molar-refractivity contribution in [3.63, 3.8) is 0 Å². The van der Waals surface area contributed by atoms with E-state index in [0.717, 1.165) is 24.5 Å². The van der Waals surface area contributed by atoms with Crippen molar-refractivity contribution >= 4 is 19.9 Å². The van der Waals surface area contributed by atoms with Crippen molar-refractivity contribution < 1.29 is 26.3 Å². The first kappa shape index (κ1) is 16.0. The monoisotopic (exact) mass is 311 g/mol. The zero-order chi connectivity index (χ0) is 14.8. The summed E-state index contributed by atoms with van der Waals surface area (Å²) in [5, 5.41) is 9.00. The molecule has 1 atom stereocenters. The molecule has 0 bridgehead atoms. The number of hydrogen-bond acceptors (Lipinski definition) is 5. The Morgan fingerprint density at radius 1 is 1.32 bits per heavy atom. The molecule has 0 aliphatic rings. The summed E-state index contributed by atoms with van der Waals surface area (Å²) in [7, 11) is -7.86. The zero-order valence-electron chi connectivity index (χ0n) is 10.3. The fourth-order valence-corrected chi connectivity index (χ4v) is 3.17. The van der Waals surface area contributed by atoms with Crippen LogP contribution in [0.1, 0.15) is 6.92 Å². The maximum Gasteiger partial charge on any atom is 0.243 e. The molecule has 0 fully saturated rings. The van der Waals surface area contributed by atoms with Gasteiger partial charge in [0.05, 0.1) is 11.0 Å². The molecule has 0 saturated heterocycles. The molecule has 0 radical (unpaired) electrons. The van der Waals surface area contributed by atoms with Gasteiger partial charge in [0, 0.05) is 12.8 Å². The van der Waals surface area contributed by atoms with Crippen LogP contribution in [0, 0.1) is 5.82 Å². The van der Waals surface area contributed by atoms with Crippen molar-refractivity contribution in [1.29, 1.82) is 0 Å². The molecule has 0 aliphatic heterocycles. The SMILES string of the molecule is C[C@H](O)CNS(=O)(=O)c1cc(S(C)(=O)=O)ccc1F. The third-order valence-electron chi connectivity index (χ3n) is 2.19. The van der Waals surface area contributed by atoms with Crippen LogP contribution in [0.25, 0.3) is 0 Å². The molecule has 1 aromatic carbocycles. The minimum Gasteiger partial charge on any atom is -0.392 e. The first-order valence-corrected chi connectivity index (χ1v) is 8.59. The molecule has 19 heavy (non-hydrogen) atoms. The van der Waals surface area contributed by atoms with Gasteiger partial charge in [0.25, 0.3) is 0 Å². The standard InChI is InChI=1S/C10H14FNO5S2/c1-7(13)6-12-19(16,17)10-5-8(18(2,14)15)3-4-9(10)11/h3-5,7,12-13H,6H2,1-2H3/t7-/m0/s1. The average Bonchev–Trinajstić information content (AvgIpc) is 2.25. The highest BCUT2D eigenvalue weighted by Gasteiger charge is 2.22. The summed E-state index contributed by atoms with van der Waals surface area (Å²) in [5.41, 5.74) is 0. The molecule has 1 rings (SSSR count). The molecule has 6 nitrogen and oxygen atoms in total. The van der Waals surface area contributed by atoms with E-state index in [1.54, 1.807) is 0 Å². The summed E-state index contributed by atoms with van der Waals surface area (Å²) in [4.78, 5) is -1.07. The van der Waals surface area contributed by atoms with Crippen LogP contribution in [-0.2, 0) is 19.9 Å². The van der Waals surface area contributed by atoms with Crippen LogP contribution in [0.5, 0.6) is 0 Å². The summed E-state index contributed by atoms with van der Waals surface area (Å²) in [6.07, 6.45) is -0.0595. The van der Waals surface area contributed by atoms with E-state index in [1.807, 2.05) is 4.72 Å². The average molecular weight is 311 g/mol. The minimum absolute atomic E-state index is 0.300. The lowest BCUT2D eigenvalue weighted by atomic mass is 10.3. The third-order valence-corrected chi connectivity index (χ3v) is 4.74. The second-order valence-corrected chi connectivity index (χ2v) is 7.82. The Labute approximate surface area is 111 Å². The van der Waals surface area contributed by atoms with Gasteiger partial charge in [0.15, 0.2) is 9.84 Å². The maximum atomic E-state index is 13.5. The van der Waals surface area contributed by atoms with Crippen LogP contribution in [0.15, 0.2) is 28.0 Å². The summed E-state index contributed by atoms with van der Waals surface area (Å²) >= 11 is 0. The topological polar surface area (TPSA) is 101 Å². The van der Waals surface area contributed by atoms with Gasteiger partial charge in [-0.1, -0.05) is 0 Å². The normalized spacial score (nSPS) is 14.3. The number of hydrogen-bond donors (Lipinski definition) is 2. The van der Waals surface area contributed by atoms with Gasteiger partial charge < -0.3 is 5.11 Å². The van der Waals surface area contributed by atoms with Gasteiger partial charge in [-0.25, -0.2) is 25.9 Å². The number of halogens is 1. The predicted octanol–water partition coefficient (Wildman–Crippen LogP) is -0.112. The largest absolute Gasteiger partial charge is 0.392 e. The Morgan fingerprint density at radius 2 is 1.89 bits per heavy atom. The molecule has 0 aromatic heterocycles. The Balaban J connectivity index is 3.27. The van der Waals surface area contributed by atoms with E-state index in [-0.39, 0.29) is 11.4 Å². The highest BCUT2D eigenvalue weighted by Crippen LogP contribution is 2.19. The smallest absolute Gasteiger partial charge is 0.243 e. The van der Waals surface area contributed by atoms with E-state index in [9.17, 15) is 21.2 Å². The Hall–Kier alpha value is -1.03. The van der Waals surface area contributed by atoms with E-state index in [0.29, 0.717) is 0 Å². The van der Waals surface area contributed by atoms with Crippen LogP contribution in [0.2, 0.25) is 0 Å². The van der Waals surface area contributed by atoms with Crippen molar-refractivity contribution in [2.45, 2.75) is 22.8 Å². The number of nitrogens with one attached hydrogen (secondary N) is 1. The first-order chi connectivity index (χ1) is 8.54. The van der Waals surface area contributed by atoms with Crippen molar-refractivity contribution in [2.24, 2.45) is 0 Å². The van der Waals surface area contributed by atoms with Crippen LogP contribution >= 0.6 is 0 Å². The van der Waals surface area contributed by atoms with Gasteiger partial charge in [-0.15, -0.1) is 0 Å². The minimum atomic E-state index is -4.22. The molecule has 0 aliphatic carbocycles. The number of aliphatic hydroxyl groups excluding tert-OH is 1. The maximum absolute atomic E-state index is 13.5. The van der Waals surface area contributed by atoms with Crippen molar-refractivity contribution in [1.82, 2.24) is 4.72 Å². The second kappa shape index (κ2) is 5.53. The number of sulfonamides is 1. The summed E-state index contributed by atoms with van der Waals surface area (Å²) in [5.74, 6) is -1.06. The van der Waals surface area contributed by atoms with Crippen LogP contribution in [-0.4, -0.2) is 40.8 Å². The third kappa shape index (κ3) is 4.23. The number of rotatable bonds is 5. The van der Waals surface area contributed by atoms with E-state index < -0.39 is 36.7 Å². The van der Waals surface area contributed by atoms with Crippen molar-refractivity contribution in [3.05, 3.63) is 24.0 Å². The molecule has 108 valence electrons. The number of sulfone groups is 1. The Bertz CT molecular complexity index is 667. The second-order valence-electron chi connectivity index (χ2n) is 4.07. The van der Waals surface area contributed by atoms with E-state index in [4.69, 9.17) is 5.11 Å². The van der Waals surface area contributed by atoms with Gasteiger partial charge in [0.2, 0.25) is 10.0 Å². The lowest BCUT2D eigenvalue weighted by Gasteiger charge is -2.10. The van der Waals surface area contributed by atoms with Crippen molar-refractivity contribution in [3.8, 4) is 0 Å².